The Labute approximate surface area is 124 Å². The number of rotatable bonds is 3. The van der Waals surface area contributed by atoms with E-state index in [1.807, 2.05) is 0 Å². The van der Waals surface area contributed by atoms with E-state index in [4.69, 9.17) is 23.2 Å². The molecule has 102 valence electrons. The van der Waals surface area contributed by atoms with Crippen LogP contribution in [-0.4, -0.2) is 27.2 Å². The number of H-pyrrole nitrogens is 1. The quantitative estimate of drug-likeness (QED) is 0.690. The zero-order valence-corrected chi connectivity index (χ0v) is 11.9. The first-order valence-corrected chi connectivity index (χ1v) is 6.54. The molecular formula is C12H10Cl2N6. The fourth-order valence-electron chi connectivity index (χ4n) is 1.76. The molecule has 0 atom stereocenters. The molecule has 20 heavy (non-hydrogen) atoms. The van der Waals surface area contributed by atoms with Crippen LogP contribution in [0.3, 0.4) is 0 Å². The summed E-state index contributed by atoms with van der Waals surface area (Å²) < 4.78 is 0. The van der Waals surface area contributed by atoms with Gasteiger partial charge >= 0.3 is 0 Å². The first-order valence-electron chi connectivity index (χ1n) is 5.78. The Kier molecular flexibility index (Phi) is 3.33. The van der Waals surface area contributed by atoms with Gasteiger partial charge in [-0.15, -0.1) is 0 Å². The van der Waals surface area contributed by atoms with Gasteiger partial charge in [0.1, 0.15) is 5.82 Å². The maximum Gasteiger partial charge on any atom is 0.226 e. The smallest absolute Gasteiger partial charge is 0.226 e. The lowest BCUT2D eigenvalue weighted by atomic mass is 10.3. The fourth-order valence-corrected chi connectivity index (χ4v) is 2.10. The zero-order valence-electron chi connectivity index (χ0n) is 10.4. The molecule has 0 fully saturated rings. The van der Waals surface area contributed by atoms with E-state index < -0.39 is 0 Å². The third-order valence-corrected chi connectivity index (χ3v) is 3.28. The van der Waals surface area contributed by atoms with E-state index in [9.17, 15) is 0 Å². The van der Waals surface area contributed by atoms with E-state index in [2.05, 4.69) is 30.8 Å². The lowest BCUT2D eigenvalue weighted by Gasteiger charge is -2.10. The summed E-state index contributed by atoms with van der Waals surface area (Å²) in [4.78, 5) is 8.62. The molecule has 0 unspecified atom stereocenters. The first-order chi connectivity index (χ1) is 9.67. The Bertz CT molecular complexity index is 770. The molecule has 6 nitrogen and oxygen atoms in total. The lowest BCUT2D eigenvalue weighted by molar-refractivity contribution is 1.09. The van der Waals surface area contributed by atoms with Crippen LogP contribution < -0.4 is 10.6 Å². The Hall–Kier alpha value is -2.05. The minimum Gasteiger partial charge on any atom is -0.357 e. The summed E-state index contributed by atoms with van der Waals surface area (Å²) in [5, 5.41) is 14.7. The largest absolute Gasteiger partial charge is 0.357 e. The molecule has 0 spiro atoms. The van der Waals surface area contributed by atoms with Gasteiger partial charge in [0.25, 0.3) is 0 Å². The van der Waals surface area contributed by atoms with Crippen molar-refractivity contribution in [2.24, 2.45) is 0 Å². The van der Waals surface area contributed by atoms with Crippen LogP contribution in [0.25, 0.3) is 11.0 Å². The number of nitrogens with one attached hydrogen (secondary N) is 3. The highest BCUT2D eigenvalue weighted by molar-refractivity contribution is 6.35. The number of anilines is 3. The molecule has 0 amide bonds. The van der Waals surface area contributed by atoms with E-state index in [1.54, 1.807) is 31.4 Å². The number of benzene rings is 1. The van der Waals surface area contributed by atoms with Crippen molar-refractivity contribution in [3.63, 3.8) is 0 Å². The van der Waals surface area contributed by atoms with Crippen molar-refractivity contribution in [2.45, 2.75) is 0 Å². The van der Waals surface area contributed by atoms with Gasteiger partial charge in [-0.3, -0.25) is 5.10 Å². The van der Waals surface area contributed by atoms with Crippen molar-refractivity contribution < 1.29 is 0 Å². The SMILES string of the molecule is CNc1nc(Nc2cc(Cl)ccc2Cl)c2cn[nH]c2n1. The van der Waals surface area contributed by atoms with Crippen LogP contribution in [-0.2, 0) is 0 Å². The maximum absolute atomic E-state index is 6.14. The third kappa shape index (κ3) is 2.35. The number of aromatic amines is 1. The van der Waals surface area contributed by atoms with Crippen molar-refractivity contribution in [1.29, 1.82) is 0 Å². The number of hydrogen-bond donors (Lipinski definition) is 3. The fraction of sp³-hybridized carbons (Fsp3) is 0.0833. The molecule has 2 aromatic heterocycles. The number of nitrogens with zero attached hydrogens (tertiary/aromatic N) is 3. The summed E-state index contributed by atoms with van der Waals surface area (Å²) in [6.45, 7) is 0. The maximum atomic E-state index is 6.14. The topological polar surface area (TPSA) is 78.5 Å². The van der Waals surface area contributed by atoms with E-state index in [0.29, 0.717) is 33.1 Å². The summed E-state index contributed by atoms with van der Waals surface area (Å²) in [7, 11) is 1.74. The van der Waals surface area contributed by atoms with Gasteiger partial charge in [-0.05, 0) is 18.2 Å². The van der Waals surface area contributed by atoms with Crippen LogP contribution in [0.5, 0.6) is 0 Å². The Morgan fingerprint density at radius 3 is 2.85 bits per heavy atom. The molecule has 3 N–H and O–H groups in total. The van der Waals surface area contributed by atoms with Gasteiger partial charge in [0.2, 0.25) is 5.95 Å². The minimum atomic E-state index is 0.474. The summed E-state index contributed by atoms with van der Waals surface area (Å²) in [5.41, 5.74) is 1.30. The van der Waals surface area contributed by atoms with Crippen LogP contribution >= 0.6 is 23.2 Å². The third-order valence-electron chi connectivity index (χ3n) is 2.71. The van der Waals surface area contributed by atoms with Crippen LogP contribution in [0.15, 0.2) is 24.4 Å². The van der Waals surface area contributed by atoms with Gasteiger partial charge in [-0.1, -0.05) is 23.2 Å². The highest BCUT2D eigenvalue weighted by atomic mass is 35.5. The molecule has 0 saturated heterocycles. The Balaban J connectivity index is 2.09. The van der Waals surface area contributed by atoms with E-state index in [-0.39, 0.29) is 0 Å². The molecule has 1 aromatic carbocycles. The Morgan fingerprint density at radius 2 is 2.05 bits per heavy atom. The van der Waals surface area contributed by atoms with E-state index >= 15 is 0 Å². The second-order valence-corrected chi connectivity index (χ2v) is 4.87. The molecule has 3 aromatic rings. The summed E-state index contributed by atoms with van der Waals surface area (Å²) in [6.07, 6.45) is 1.65. The molecule has 0 aliphatic rings. The van der Waals surface area contributed by atoms with Crippen LogP contribution in [0.1, 0.15) is 0 Å². The average Bonchev–Trinajstić information content (AvgIpc) is 2.91. The number of aromatic nitrogens is 4. The molecule has 0 aliphatic carbocycles. The molecule has 0 bridgehead atoms. The van der Waals surface area contributed by atoms with E-state index in [0.717, 1.165) is 5.39 Å². The summed E-state index contributed by atoms with van der Waals surface area (Å²) in [5.74, 6) is 1.07. The van der Waals surface area contributed by atoms with Crippen molar-refractivity contribution in [3.05, 3.63) is 34.4 Å². The van der Waals surface area contributed by atoms with Gasteiger partial charge in [0.15, 0.2) is 5.65 Å². The second kappa shape index (κ2) is 5.15. The predicted octanol–water partition coefficient (Wildman–Crippen LogP) is 3.45. The molecule has 0 saturated carbocycles. The highest BCUT2D eigenvalue weighted by Crippen LogP contribution is 2.30. The van der Waals surface area contributed by atoms with Crippen LogP contribution in [0.4, 0.5) is 17.5 Å². The molecular weight excluding hydrogens is 299 g/mol. The van der Waals surface area contributed by atoms with Crippen molar-refractivity contribution >= 4 is 51.7 Å². The van der Waals surface area contributed by atoms with Gasteiger partial charge in [-0.25, -0.2) is 0 Å². The summed E-state index contributed by atoms with van der Waals surface area (Å²) >= 11 is 12.1. The van der Waals surface area contributed by atoms with Gasteiger partial charge in [0, 0.05) is 12.1 Å². The van der Waals surface area contributed by atoms with Crippen molar-refractivity contribution in [3.8, 4) is 0 Å². The average molecular weight is 309 g/mol. The molecule has 2 heterocycles. The normalized spacial score (nSPS) is 10.8. The van der Waals surface area contributed by atoms with Crippen LogP contribution in [0, 0.1) is 0 Å². The van der Waals surface area contributed by atoms with Crippen LogP contribution in [0.2, 0.25) is 10.0 Å². The number of hydrogen-bond acceptors (Lipinski definition) is 5. The van der Waals surface area contributed by atoms with Gasteiger partial charge in [0.05, 0.1) is 22.3 Å². The molecule has 0 radical (unpaired) electrons. The molecule has 3 rings (SSSR count). The minimum absolute atomic E-state index is 0.474. The van der Waals surface area contributed by atoms with Crippen molar-refractivity contribution in [1.82, 2.24) is 20.2 Å². The second-order valence-electron chi connectivity index (χ2n) is 4.03. The van der Waals surface area contributed by atoms with Gasteiger partial charge in [-0.2, -0.15) is 15.1 Å². The Morgan fingerprint density at radius 1 is 1.20 bits per heavy atom. The first kappa shape index (κ1) is 13.0. The highest BCUT2D eigenvalue weighted by Gasteiger charge is 2.10. The van der Waals surface area contributed by atoms with E-state index in [1.165, 1.54) is 0 Å². The number of fused-ring (bicyclic) bond motifs is 1. The number of halogens is 2. The molecule has 0 aliphatic heterocycles. The predicted molar refractivity (Wildman–Crippen MR) is 81.0 cm³/mol. The van der Waals surface area contributed by atoms with Crippen molar-refractivity contribution in [2.75, 3.05) is 17.7 Å². The molecule has 8 heteroatoms. The zero-order chi connectivity index (χ0) is 14.1. The van der Waals surface area contributed by atoms with Gasteiger partial charge < -0.3 is 10.6 Å². The lowest BCUT2D eigenvalue weighted by Crippen LogP contribution is -2.01. The summed E-state index contributed by atoms with van der Waals surface area (Å²) in [6, 6.07) is 5.18. The monoisotopic (exact) mass is 308 g/mol. The standard InChI is InChI=1S/C12H10Cl2N6/c1-15-12-18-10(7-5-16-20-11(7)19-12)17-9-4-6(13)2-3-8(9)14/h2-5H,1H3,(H3,15,16,17,18,19,20).